The van der Waals surface area contributed by atoms with Gasteiger partial charge >= 0.3 is 0 Å². The van der Waals surface area contributed by atoms with E-state index in [1.54, 1.807) is 70.6 Å². The third-order valence-corrected chi connectivity index (χ3v) is 7.82. The summed E-state index contributed by atoms with van der Waals surface area (Å²) in [5.41, 5.74) is 2.31. The molecule has 3 fully saturated rings. The SMILES string of the molecule is C1CCC(PC2CCCC3CCCCC32)CC1. The van der Waals surface area contributed by atoms with Gasteiger partial charge in [0, 0.05) is 0 Å². The van der Waals surface area contributed by atoms with Crippen LogP contribution in [0.1, 0.15) is 77.0 Å². The Bertz CT molecular complexity index is 230. The number of hydrogen-bond donors (Lipinski definition) is 0. The molecular formula is C16H29P. The molecular weight excluding hydrogens is 223 g/mol. The quantitative estimate of drug-likeness (QED) is 0.581. The summed E-state index contributed by atoms with van der Waals surface area (Å²) in [5.74, 6) is 2.32. The van der Waals surface area contributed by atoms with Crippen LogP contribution < -0.4 is 0 Å². The van der Waals surface area contributed by atoms with Crippen molar-refractivity contribution in [2.45, 2.75) is 88.4 Å². The second-order valence-corrected chi connectivity index (χ2v) is 8.64. The lowest BCUT2D eigenvalue weighted by molar-refractivity contribution is 0.176. The van der Waals surface area contributed by atoms with E-state index in [1.807, 2.05) is 0 Å². The van der Waals surface area contributed by atoms with Gasteiger partial charge in [-0.3, -0.25) is 0 Å². The molecule has 0 aromatic heterocycles. The molecule has 0 amide bonds. The normalized spacial score (nSPS) is 40.6. The average Bonchev–Trinajstić information content (AvgIpc) is 2.40. The summed E-state index contributed by atoms with van der Waals surface area (Å²) in [6, 6.07) is 0. The van der Waals surface area contributed by atoms with Gasteiger partial charge in [0.2, 0.25) is 0 Å². The van der Waals surface area contributed by atoms with E-state index in [9.17, 15) is 0 Å². The highest BCUT2D eigenvalue weighted by atomic mass is 31.1. The monoisotopic (exact) mass is 252 g/mol. The summed E-state index contributed by atoms with van der Waals surface area (Å²) in [6.45, 7) is 0. The van der Waals surface area contributed by atoms with E-state index >= 15 is 0 Å². The van der Waals surface area contributed by atoms with Crippen molar-refractivity contribution in [1.29, 1.82) is 0 Å². The lowest BCUT2D eigenvalue weighted by Crippen LogP contribution is -2.33. The lowest BCUT2D eigenvalue weighted by Gasteiger charge is -2.43. The van der Waals surface area contributed by atoms with Crippen LogP contribution >= 0.6 is 8.58 Å². The molecule has 3 aliphatic rings. The van der Waals surface area contributed by atoms with Crippen molar-refractivity contribution in [3.05, 3.63) is 0 Å². The van der Waals surface area contributed by atoms with E-state index in [0.717, 1.165) is 23.2 Å². The van der Waals surface area contributed by atoms with Gasteiger partial charge in [0.05, 0.1) is 0 Å². The van der Waals surface area contributed by atoms with Crippen LogP contribution in [0.3, 0.4) is 0 Å². The van der Waals surface area contributed by atoms with E-state index in [-0.39, 0.29) is 0 Å². The number of hydrogen-bond acceptors (Lipinski definition) is 0. The van der Waals surface area contributed by atoms with Gasteiger partial charge in [-0.2, -0.15) is 0 Å². The van der Waals surface area contributed by atoms with Crippen LogP contribution in [-0.4, -0.2) is 11.3 Å². The van der Waals surface area contributed by atoms with Crippen LogP contribution in [-0.2, 0) is 0 Å². The summed E-state index contributed by atoms with van der Waals surface area (Å²) < 4.78 is 0. The van der Waals surface area contributed by atoms with Crippen molar-refractivity contribution < 1.29 is 0 Å². The predicted molar refractivity (Wildman–Crippen MR) is 78.3 cm³/mol. The Balaban J connectivity index is 1.56. The molecule has 0 aromatic rings. The molecule has 0 aromatic carbocycles. The Kier molecular flexibility index (Phi) is 4.43. The van der Waals surface area contributed by atoms with Gasteiger partial charge in [0.1, 0.15) is 0 Å². The molecule has 0 saturated heterocycles. The Hall–Kier alpha value is 0.430. The standard InChI is InChI=1S/C16H29P/c1-2-9-14(10-3-1)17-16-12-6-8-13-7-4-5-11-15(13)16/h13-17H,1-12H2. The lowest BCUT2D eigenvalue weighted by atomic mass is 9.70. The van der Waals surface area contributed by atoms with Gasteiger partial charge in [-0.25, -0.2) is 0 Å². The van der Waals surface area contributed by atoms with E-state index < -0.39 is 0 Å². The van der Waals surface area contributed by atoms with Crippen molar-refractivity contribution in [2.24, 2.45) is 11.8 Å². The van der Waals surface area contributed by atoms with Gasteiger partial charge in [-0.1, -0.05) is 51.4 Å². The van der Waals surface area contributed by atoms with Crippen LogP contribution in [0.15, 0.2) is 0 Å². The highest BCUT2D eigenvalue weighted by Gasteiger charge is 2.35. The van der Waals surface area contributed by atoms with E-state index in [4.69, 9.17) is 0 Å². The molecule has 0 heterocycles. The topological polar surface area (TPSA) is 0 Å². The van der Waals surface area contributed by atoms with E-state index in [1.165, 1.54) is 15.0 Å². The molecule has 0 nitrogen and oxygen atoms in total. The fourth-order valence-corrected chi connectivity index (χ4v) is 7.12. The number of fused-ring (bicyclic) bond motifs is 1. The summed E-state index contributed by atoms with van der Waals surface area (Å²) in [6.07, 6.45) is 18.8. The molecule has 0 bridgehead atoms. The second-order valence-electron chi connectivity index (χ2n) is 6.75. The van der Waals surface area contributed by atoms with Crippen molar-refractivity contribution in [2.75, 3.05) is 0 Å². The maximum Gasteiger partial charge on any atom is -0.0203 e. The molecule has 3 rings (SSSR count). The third kappa shape index (κ3) is 3.06. The largest absolute Gasteiger partial charge is 0.115 e. The van der Waals surface area contributed by atoms with Crippen LogP contribution in [0.2, 0.25) is 0 Å². The van der Waals surface area contributed by atoms with Crippen LogP contribution in [0.4, 0.5) is 0 Å². The predicted octanol–water partition coefficient (Wildman–Crippen LogP) is 5.36. The highest BCUT2D eigenvalue weighted by molar-refractivity contribution is 7.39. The Morgan fingerprint density at radius 2 is 1.29 bits per heavy atom. The molecule has 0 N–H and O–H groups in total. The molecule has 1 heteroatoms. The molecule has 4 atom stereocenters. The van der Waals surface area contributed by atoms with Gasteiger partial charge < -0.3 is 0 Å². The summed E-state index contributed by atoms with van der Waals surface area (Å²) in [5, 5.41) is 0. The first-order valence-electron chi connectivity index (χ1n) is 8.19. The van der Waals surface area contributed by atoms with Crippen LogP contribution in [0.5, 0.6) is 0 Å². The fourth-order valence-electron chi connectivity index (χ4n) is 4.72. The molecule has 4 unspecified atom stereocenters. The fraction of sp³-hybridized carbons (Fsp3) is 1.00. The first kappa shape index (κ1) is 12.5. The minimum atomic E-state index is 1.15. The van der Waals surface area contributed by atoms with Gasteiger partial charge in [0.25, 0.3) is 0 Å². The zero-order valence-corrected chi connectivity index (χ0v) is 12.3. The molecule has 0 radical (unpaired) electrons. The van der Waals surface area contributed by atoms with Gasteiger partial charge in [-0.05, 0) is 48.8 Å². The molecule has 3 aliphatic carbocycles. The zero-order chi connectivity index (χ0) is 11.5. The maximum atomic E-state index is 1.59. The van der Waals surface area contributed by atoms with Crippen molar-refractivity contribution in [3.8, 4) is 0 Å². The third-order valence-electron chi connectivity index (χ3n) is 5.63. The minimum absolute atomic E-state index is 1.15. The minimum Gasteiger partial charge on any atom is -0.115 e. The molecule has 17 heavy (non-hydrogen) atoms. The smallest absolute Gasteiger partial charge is 0.0203 e. The first-order chi connectivity index (χ1) is 8.43. The van der Waals surface area contributed by atoms with Crippen LogP contribution in [0, 0.1) is 11.8 Å². The second kappa shape index (κ2) is 6.05. The summed E-state index contributed by atoms with van der Waals surface area (Å²) in [7, 11) is 1.34. The molecule has 98 valence electrons. The van der Waals surface area contributed by atoms with Crippen molar-refractivity contribution in [3.63, 3.8) is 0 Å². The van der Waals surface area contributed by atoms with Crippen LogP contribution in [0.25, 0.3) is 0 Å². The van der Waals surface area contributed by atoms with Crippen molar-refractivity contribution >= 4 is 8.58 Å². The molecule has 0 spiro atoms. The van der Waals surface area contributed by atoms with Gasteiger partial charge in [0.15, 0.2) is 0 Å². The maximum absolute atomic E-state index is 1.59. The summed E-state index contributed by atoms with van der Waals surface area (Å²) >= 11 is 0. The van der Waals surface area contributed by atoms with Crippen molar-refractivity contribution in [1.82, 2.24) is 0 Å². The first-order valence-corrected chi connectivity index (χ1v) is 9.35. The Morgan fingerprint density at radius 3 is 2.18 bits per heavy atom. The van der Waals surface area contributed by atoms with E-state index in [2.05, 4.69) is 0 Å². The Labute approximate surface area is 109 Å². The zero-order valence-electron chi connectivity index (χ0n) is 11.3. The number of rotatable bonds is 2. The van der Waals surface area contributed by atoms with Gasteiger partial charge in [-0.15, -0.1) is 8.58 Å². The average molecular weight is 252 g/mol. The summed E-state index contributed by atoms with van der Waals surface area (Å²) in [4.78, 5) is 0. The Morgan fingerprint density at radius 1 is 0.588 bits per heavy atom. The molecule has 3 saturated carbocycles. The highest BCUT2D eigenvalue weighted by Crippen LogP contribution is 2.50. The van der Waals surface area contributed by atoms with E-state index in [0.29, 0.717) is 0 Å². The molecule has 0 aliphatic heterocycles.